The van der Waals surface area contributed by atoms with E-state index in [1.807, 2.05) is 12.3 Å². The highest BCUT2D eigenvalue weighted by molar-refractivity contribution is 5.71. The number of hydrogen-bond donors (Lipinski definition) is 0. The fourth-order valence-corrected chi connectivity index (χ4v) is 1.08. The van der Waals surface area contributed by atoms with Crippen molar-refractivity contribution < 1.29 is 0 Å². The van der Waals surface area contributed by atoms with Gasteiger partial charge in [0.05, 0.1) is 0 Å². The molecule has 0 heterocycles. The van der Waals surface area contributed by atoms with Gasteiger partial charge < -0.3 is 0 Å². The predicted octanol–water partition coefficient (Wildman–Crippen LogP) is 3.27. The van der Waals surface area contributed by atoms with Gasteiger partial charge in [-0.1, -0.05) is 38.5 Å². The molecule has 0 fully saturated rings. The number of nitrogens with zero attached hydrogens (tertiary/aromatic N) is 2. The standard InChI is InChI=1S/C14H20N2/c1-5-14(3,13-16-6-2)11-9-7-8-10-12-15-4/h2,8-13H,5,7H2,1,3-4H3/b10-8-,11-9-,15-12?,16-13?. The van der Waals surface area contributed by atoms with Gasteiger partial charge in [-0.05, 0) is 18.9 Å². The second-order valence-corrected chi connectivity index (χ2v) is 3.72. The highest BCUT2D eigenvalue weighted by Gasteiger charge is 2.14. The molecule has 0 aromatic carbocycles. The molecule has 0 amide bonds. The van der Waals surface area contributed by atoms with E-state index in [2.05, 4.69) is 48.1 Å². The quantitative estimate of drug-likeness (QED) is 0.370. The van der Waals surface area contributed by atoms with E-state index in [1.54, 1.807) is 13.3 Å². The van der Waals surface area contributed by atoms with Crippen molar-refractivity contribution in [3.8, 4) is 12.5 Å². The summed E-state index contributed by atoms with van der Waals surface area (Å²) >= 11 is 0. The average molecular weight is 216 g/mol. The molecule has 16 heavy (non-hydrogen) atoms. The normalized spacial score (nSPS) is 16.4. The van der Waals surface area contributed by atoms with Crippen LogP contribution in [0.5, 0.6) is 0 Å². The van der Waals surface area contributed by atoms with E-state index in [-0.39, 0.29) is 5.41 Å². The molecule has 0 aliphatic heterocycles. The van der Waals surface area contributed by atoms with E-state index in [0.29, 0.717) is 0 Å². The zero-order chi connectivity index (χ0) is 12.3. The van der Waals surface area contributed by atoms with Gasteiger partial charge in [0.2, 0.25) is 0 Å². The maximum absolute atomic E-state index is 5.10. The molecule has 0 aromatic rings. The third kappa shape index (κ3) is 6.78. The first-order valence-corrected chi connectivity index (χ1v) is 5.43. The van der Waals surface area contributed by atoms with E-state index in [9.17, 15) is 0 Å². The van der Waals surface area contributed by atoms with Crippen molar-refractivity contribution in [3.05, 3.63) is 24.3 Å². The van der Waals surface area contributed by atoms with Crippen LogP contribution in [-0.2, 0) is 0 Å². The largest absolute Gasteiger partial charge is 0.297 e. The van der Waals surface area contributed by atoms with Crippen molar-refractivity contribution >= 4 is 12.4 Å². The van der Waals surface area contributed by atoms with Gasteiger partial charge in [-0.15, -0.1) is 0 Å². The van der Waals surface area contributed by atoms with Crippen LogP contribution >= 0.6 is 0 Å². The molecule has 2 heteroatoms. The zero-order valence-corrected chi connectivity index (χ0v) is 10.4. The summed E-state index contributed by atoms with van der Waals surface area (Å²) in [6.45, 7) is 4.23. The molecule has 0 spiro atoms. The van der Waals surface area contributed by atoms with Crippen molar-refractivity contribution in [2.24, 2.45) is 15.4 Å². The van der Waals surface area contributed by atoms with Crippen molar-refractivity contribution in [1.29, 1.82) is 0 Å². The molecule has 0 aromatic heterocycles. The molecule has 0 bridgehead atoms. The van der Waals surface area contributed by atoms with Gasteiger partial charge in [-0.25, -0.2) is 4.99 Å². The molecule has 0 N–H and O–H groups in total. The van der Waals surface area contributed by atoms with Crippen molar-refractivity contribution in [1.82, 2.24) is 0 Å². The molecule has 2 nitrogen and oxygen atoms in total. The Balaban J connectivity index is 4.27. The zero-order valence-electron chi connectivity index (χ0n) is 10.4. The lowest BCUT2D eigenvalue weighted by Gasteiger charge is -2.17. The number of hydrogen-bond acceptors (Lipinski definition) is 2. The summed E-state index contributed by atoms with van der Waals surface area (Å²) < 4.78 is 0. The maximum atomic E-state index is 5.10. The van der Waals surface area contributed by atoms with Gasteiger partial charge in [0.1, 0.15) is 0 Å². The number of allylic oxidation sites excluding steroid dienone is 4. The first-order chi connectivity index (χ1) is 7.68. The van der Waals surface area contributed by atoms with Gasteiger partial charge in [-0.3, -0.25) is 4.99 Å². The Hall–Kier alpha value is -1.62. The highest BCUT2D eigenvalue weighted by Crippen LogP contribution is 2.20. The first kappa shape index (κ1) is 14.4. The van der Waals surface area contributed by atoms with E-state index in [4.69, 9.17) is 6.42 Å². The molecule has 0 rings (SSSR count). The topological polar surface area (TPSA) is 24.7 Å². The van der Waals surface area contributed by atoms with Crippen molar-refractivity contribution in [3.63, 3.8) is 0 Å². The van der Waals surface area contributed by atoms with E-state index in [0.717, 1.165) is 12.8 Å². The Morgan fingerprint density at radius 2 is 2.12 bits per heavy atom. The van der Waals surface area contributed by atoms with E-state index in [1.165, 1.54) is 0 Å². The SMILES string of the molecule is C#CN=CC(C)(/C=C\C/C=C\C=NC)CC. The smallest absolute Gasteiger partial charge is 0.0298 e. The molecular formula is C14H20N2. The lowest BCUT2D eigenvalue weighted by atomic mass is 9.88. The van der Waals surface area contributed by atoms with Crippen LogP contribution in [0.2, 0.25) is 0 Å². The summed E-state index contributed by atoms with van der Waals surface area (Å²) in [6.07, 6.45) is 18.8. The second kappa shape index (κ2) is 8.67. The Bertz CT molecular complexity index is 329. The van der Waals surface area contributed by atoms with Gasteiger partial charge in [0.15, 0.2) is 0 Å². The fourth-order valence-electron chi connectivity index (χ4n) is 1.08. The monoisotopic (exact) mass is 216 g/mol. The lowest BCUT2D eigenvalue weighted by Crippen LogP contribution is -2.12. The van der Waals surface area contributed by atoms with Gasteiger partial charge in [0.25, 0.3) is 0 Å². The highest BCUT2D eigenvalue weighted by atomic mass is 14.7. The van der Waals surface area contributed by atoms with Crippen LogP contribution in [0.3, 0.4) is 0 Å². The Morgan fingerprint density at radius 1 is 1.38 bits per heavy atom. The van der Waals surface area contributed by atoms with Crippen LogP contribution in [0, 0.1) is 17.9 Å². The van der Waals surface area contributed by atoms with Crippen molar-refractivity contribution in [2.75, 3.05) is 7.05 Å². The lowest BCUT2D eigenvalue weighted by molar-refractivity contribution is 0.585. The Morgan fingerprint density at radius 3 is 2.69 bits per heavy atom. The third-order valence-corrected chi connectivity index (χ3v) is 2.34. The second-order valence-electron chi connectivity index (χ2n) is 3.72. The molecule has 1 unspecified atom stereocenters. The fraction of sp³-hybridized carbons (Fsp3) is 0.429. The van der Waals surface area contributed by atoms with Crippen LogP contribution in [0.15, 0.2) is 34.3 Å². The Kier molecular flexibility index (Phi) is 7.79. The molecular weight excluding hydrogens is 196 g/mol. The predicted molar refractivity (Wildman–Crippen MR) is 73.0 cm³/mol. The van der Waals surface area contributed by atoms with Crippen LogP contribution in [0.4, 0.5) is 0 Å². The molecule has 0 radical (unpaired) electrons. The summed E-state index contributed by atoms with van der Waals surface area (Å²) in [5.74, 6) is 0. The Labute approximate surface area is 98.9 Å². The summed E-state index contributed by atoms with van der Waals surface area (Å²) in [6, 6.07) is 2.28. The van der Waals surface area contributed by atoms with Crippen LogP contribution < -0.4 is 0 Å². The van der Waals surface area contributed by atoms with E-state index >= 15 is 0 Å². The summed E-state index contributed by atoms with van der Waals surface area (Å²) in [5, 5.41) is 0. The maximum Gasteiger partial charge on any atom is 0.0298 e. The van der Waals surface area contributed by atoms with Crippen molar-refractivity contribution in [2.45, 2.75) is 26.7 Å². The first-order valence-electron chi connectivity index (χ1n) is 5.43. The van der Waals surface area contributed by atoms with Crippen LogP contribution in [-0.4, -0.2) is 19.5 Å². The van der Waals surface area contributed by atoms with E-state index < -0.39 is 0 Å². The molecule has 86 valence electrons. The molecule has 0 saturated heterocycles. The van der Waals surface area contributed by atoms with Gasteiger partial charge in [0, 0.05) is 30.9 Å². The molecule has 1 atom stereocenters. The van der Waals surface area contributed by atoms with Gasteiger partial charge >= 0.3 is 0 Å². The van der Waals surface area contributed by atoms with Gasteiger partial charge in [-0.2, -0.15) is 0 Å². The molecule has 0 aliphatic carbocycles. The summed E-state index contributed by atoms with van der Waals surface area (Å²) in [5.41, 5.74) is -0.0426. The molecule has 0 saturated carbocycles. The summed E-state index contributed by atoms with van der Waals surface area (Å²) in [4.78, 5) is 7.71. The summed E-state index contributed by atoms with van der Waals surface area (Å²) in [7, 11) is 1.75. The third-order valence-electron chi connectivity index (χ3n) is 2.34. The number of terminal acetylenes is 1. The molecule has 0 aliphatic rings. The van der Waals surface area contributed by atoms with Crippen LogP contribution in [0.25, 0.3) is 0 Å². The minimum absolute atomic E-state index is 0.0426. The minimum Gasteiger partial charge on any atom is -0.297 e. The minimum atomic E-state index is -0.0426. The number of rotatable bonds is 6. The van der Waals surface area contributed by atoms with Crippen LogP contribution in [0.1, 0.15) is 26.7 Å². The number of aliphatic imine (C=N–C) groups is 2. The average Bonchev–Trinajstić information content (AvgIpc) is 2.31.